The monoisotopic (exact) mass is 303 g/mol. The van der Waals surface area contributed by atoms with E-state index in [0.29, 0.717) is 5.56 Å². The predicted molar refractivity (Wildman–Crippen MR) is 64.9 cm³/mol. The normalized spacial score (nSPS) is 11.6. The summed E-state index contributed by atoms with van der Waals surface area (Å²) in [6.07, 6.45) is 5.26. The molecule has 1 atom stereocenters. The zero-order valence-corrected chi connectivity index (χ0v) is 10.5. The second kappa shape index (κ2) is 5.88. The molecule has 5 heteroatoms. The Labute approximate surface area is 106 Å². The van der Waals surface area contributed by atoms with Gasteiger partial charge in [-0.2, -0.15) is 0 Å². The smallest absolute Gasteiger partial charge is 0.231 e. The first-order valence-electron chi connectivity index (χ1n) is 4.35. The number of halogens is 3. The van der Waals surface area contributed by atoms with Crippen molar-refractivity contribution in [3.8, 4) is 12.3 Å². The molecule has 2 nitrogen and oxygen atoms in total. The first-order chi connectivity index (χ1) is 7.58. The van der Waals surface area contributed by atoms with E-state index in [4.69, 9.17) is 18.0 Å². The number of carbonyl (C=O) groups excluding carboxylic acids is 1. The molecule has 0 saturated carbocycles. The quantitative estimate of drug-likeness (QED) is 0.675. The van der Waals surface area contributed by atoms with Gasteiger partial charge < -0.3 is 5.32 Å². The Hall–Kier alpha value is -1.05. The largest absolute Gasteiger partial charge is 0.338 e. The van der Waals surface area contributed by atoms with Gasteiger partial charge in [0.05, 0.1) is 10.4 Å². The molecule has 84 valence electrons. The van der Waals surface area contributed by atoms with Gasteiger partial charge in [0.1, 0.15) is 11.9 Å². The van der Waals surface area contributed by atoms with E-state index in [9.17, 15) is 9.18 Å². The highest BCUT2D eigenvalue weighted by Gasteiger charge is 2.12. The predicted octanol–water partition coefficient (Wildman–Crippen LogP) is 2.66. The van der Waals surface area contributed by atoms with Gasteiger partial charge in [-0.25, -0.2) is 4.39 Å². The number of benzene rings is 1. The summed E-state index contributed by atoms with van der Waals surface area (Å²) in [6, 6.07) is 3.53. The highest BCUT2D eigenvalue weighted by atomic mass is 79.9. The second-order valence-corrected chi connectivity index (χ2v) is 3.94. The Balaban J connectivity index is 2.92. The summed E-state index contributed by atoms with van der Waals surface area (Å²) >= 11 is 8.54. The van der Waals surface area contributed by atoms with Crippen LogP contribution in [0.25, 0.3) is 0 Å². The lowest BCUT2D eigenvalue weighted by atomic mass is 10.1. The minimum atomic E-state index is -0.656. The minimum Gasteiger partial charge on any atom is -0.338 e. The van der Waals surface area contributed by atoms with E-state index < -0.39 is 11.9 Å². The fraction of sp³-hybridized carbons (Fsp3) is 0.182. The maximum atomic E-state index is 13.2. The molecule has 0 radical (unpaired) electrons. The third kappa shape index (κ3) is 3.22. The van der Waals surface area contributed by atoms with Gasteiger partial charge in [-0.1, -0.05) is 39.5 Å². The summed E-state index contributed by atoms with van der Waals surface area (Å²) in [5, 5.41) is 2.71. The first kappa shape index (κ1) is 13.0. The van der Waals surface area contributed by atoms with Crippen LogP contribution in [0.4, 0.5) is 4.39 Å². The van der Waals surface area contributed by atoms with Crippen LogP contribution in [0, 0.1) is 18.2 Å². The van der Waals surface area contributed by atoms with Crippen molar-refractivity contribution < 1.29 is 9.18 Å². The van der Waals surface area contributed by atoms with Crippen molar-refractivity contribution in [2.24, 2.45) is 0 Å². The van der Waals surface area contributed by atoms with Crippen LogP contribution < -0.4 is 5.32 Å². The molecule has 0 aliphatic heterocycles. The molecule has 0 fully saturated rings. The van der Waals surface area contributed by atoms with Crippen LogP contribution in [0.15, 0.2) is 18.2 Å². The van der Waals surface area contributed by atoms with Gasteiger partial charge in [0.2, 0.25) is 5.91 Å². The molecular formula is C11H8BrClFNO. The summed E-state index contributed by atoms with van der Waals surface area (Å²) < 4.78 is 13.2. The third-order valence-corrected chi connectivity index (χ3v) is 2.69. The topological polar surface area (TPSA) is 29.1 Å². The minimum absolute atomic E-state index is 0.0198. The Morgan fingerprint density at radius 2 is 2.38 bits per heavy atom. The molecule has 1 aromatic carbocycles. The van der Waals surface area contributed by atoms with Crippen LogP contribution in [0.1, 0.15) is 11.6 Å². The SMILES string of the molecule is C#C[C@H](NC(=O)CBr)c1ccc(Cl)c(F)c1. The summed E-state index contributed by atoms with van der Waals surface area (Å²) in [7, 11) is 0. The molecule has 0 bridgehead atoms. The first-order valence-corrected chi connectivity index (χ1v) is 5.85. The van der Waals surface area contributed by atoms with E-state index in [1.807, 2.05) is 0 Å². The lowest BCUT2D eigenvalue weighted by Crippen LogP contribution is -2.28. The number of carbonyl (C=O) groups is 1. The van der Waals surface area contributed by atoms with Crippen LogP contribution in [-0.4, -0.2) is 11.2 Å². The number of amides is 1. The Morgan fingerprint density at radius 1 is 1.69 bits per heavy atom. The number of alkyl halides is 1. The van der Waals surface area contributed by atoms with E-state index in [2.05, 4.69) is 27.2 Å². The fourth-order valence-electron chi connectivity index (χ4n) is 1.11. The van der Waals surface area contributed by atoms with Gasteiger partial charge in [-0.3, -0.25) is 4.79 Å². The van der Waals surface area contributed by atoms with E-state index in [-0.39, 0.29) is 16.3 Å². The standard InChI is InChI=1S/C11H8BrClFNO/c1-2-10(15-11(16)6-12)7-3-4-8(13)9(14)5-7/h1,3-5,10H,6H2,(H,15,16)/t10-/m0/s1. The van der Waals surface area contributed by atoms with E-state index in [1.165, 1.54) is 12.1 Å². The molecule has 1 N–H and O–H groups in total. The molecule has 1 rings (SSSR count). The van der Waals surface area contributed by atoms with Gasteiger partial charge in [0.15, 0.2) is 0 Å². The number of hydrogen-bond acceptors (Lipinski definition) is 1. The van der Waals surface area contributed by atoms with Crippen molar-refractivity contribution >= 4 is 33.4 Å². The summed E-state index contributed by atoms with van der Waals surface area (Å²) in [6.45, 7) is 0. The van der Waals surface area contributed by atoms with Crippen LogP contribution in [0.3, 0.4) is 0 Å². The molecule has 0 saturated heterocycles. The molecule has 0 unspecified atom stereocenters. The summed E-state index contributed by atoms with van der Waals surface area (Å²) in [5.74, 6) is 1.54. The zero-order valence-electron chi connectivity index (χ0n) is 8.14. The van der Waals surface area contributed by atoms with Gasteiger partial charge in [0, 0.05) is 0 Å². The van der Waals surface area contributed by atoms with Crippen molar-refractivity contribution in [1.29, 1.82) is 0 Å². The fourth-order valence-corrected chi connectivity index (χ4v) is 1.39. The van der Waals surface area contributed by atoms with Gasteiger partial charge in [0.25, 0.3) is 0 Å². The van der Waals surface area contributed by atoms with Gasteiger partial charge in [-0.05, 0) is 17.7 Å². The van der Waals surface area contributed by atoms with Crippen molar-refractivity contribution in [2.75, 3.05) is 5.33 Å². The third-order valence-electron chi connectivity index (χ3n) is 1.87. The van der Waals surface area contributed by atoms with E-state index in [1.54, 1.807) is 6.07 Å². The molecule has 1 aromatic rings. The molecular weight excluding hydrogens is 296 g/mol. The van der Waals surface area contributed by atoms with E-state index in [0.717, 1.165) is 0 Å². The van der Waals surface area contributed by atoms with Crippen molar-refractivity contribution in [3.63, 3.8) is 0 Å². The van der Waals surface area contributed by atoms with Crippen molar-refractivity contribution in [1.82, 2.24) is 5.32 Å². The Bertz CT molecular complexity index is 444. The van der Waals surface area contributed by atoms with Gasteiger partial charge in [-0.15, -0.1) is 6.42 Å². The number of rotatable bonds is 3. The molecule has 0 aliphatic carbocycles. The number of terminal acetylenes is 1. The van der Waals surface area contributed by atoms with Crippen LogP contribution in [0.5, 0.6) is 0 Å². The maximum Gasteiger partial charge on any atom is 0.231 e. The highest BCUT2D eigenvalue weighted by Crippen LogP contribution is 2.19. The average Bonchev–Trinajstić information content (AvgIpc) is 2.29. The Morgan fingerprint density at radius 3 is 2.88 bits per heavy atom. The molecule has 0 aromatic heterocycles. The highest BCUT2D eigenvalue weighted by molar-refractivity contribution is 9.09. The zero-order chi connectivity index (χ0) is 12.1. The van der Waals surface area contributed by atoms with Gasteiger partial charge >= 0.3 is 0 Å². The molecule has 0 aliphatic rings. The van der Waals surface area contributed by atoms with Crippen LogP contribution in [0.2, 0.25) is 5.02 Å². The summed E-state index contributed by atoms with van der Waals surface area (Å²) in [4.78, 5) is 11.1. The van der Waals surface area contributed by atoms with Crippen molar-refractivity contribution in [3.05, 3.63) is 34.6 Å². The van der Waals surface area contributed by atoms with E-state index >= 15 is 0 Å². The lowest BCUT2D eigenvalue weighted by Gasteiger charge is -2.12. The molecule has 0 heterocycles. The number of hydrogen-bond donors (Lipinski definition) is 1. The maximum absolute atomic E-state index is 13.2. The number of nitrogens with one attached hydrogen (secondary N) is 1. The van der Waals surface area contributed by atoms with Crippen LogP contribution in [-0.2, 0) is 4.79 Å². The lowest BCUT2D eigenvalue weighted by molar-refractivity contribution is -0.118. The average molecular weight is 305 g/mol. The molecule has 16 heavy (non-hydrogen) atoms. The molecule has 1 amide bonds. The summed E-state index contributed by atoms with van der Waals surface area (Å²) in [5.41, 5.74) is 0.485. The van der Waals surface area contributed by atoms with Crippen molar-refractivity contribution in [2.45, 2.75) is 6.04 Å². The molecule has 0 spiro atoms. The Kier molecular flexibility index (Phi) is 4.78. The van der Waals surface area contributed by atoms with Crippen LogP contribution >= 0.6 is 27.5 Å². The second-order valence-electron chi connectivity index (χ2n) is 2.97.